The molecule has 0 spiro atoms. The average Bonchev–Trinajstić information content (AvgIpc) is 3.19. The number of nitrogens with one attached hydrogen (secondary N) is 3. The Balaban J connectivity index is 1.26. The number of ether oxygens (including phenoxy) is 1. The zero-order valence-corrected chi connectivity index (χ0v) is 19.5. The third kappa shape index (κ3) is 4.96. The minimum atomic E-state index is -2.96. The number of hydrogen-bond donors (Lipinski definition) is 4. The van der Waals surface area contributed by atoms with Gasteiger partial charge in [0, 0.05) is 41.5 Å². The van der Waals surface area contributed by atoms with Crippen molar-refractivity contribution in [1.29, 1.82) is 0 Å². The molecule has 178 valence electrons. The molecular weight excluding hydrogens is 456 g/mol. The molecule has 34 heavy (non-hydrogen) atoms. The lowest BCUT2D eigenvalue weighted by Crippen LogP contribution is -2.47. The van der Waals surface area contributed by atoms with Crippen LogP contribution in [0.2, 0.25) is 0 Å². The number of hydrogen-bond acceptors (Lipinski definition) is 9. The summed E-state index contributed by atoms with van der Waals surface area (Å²) in [4.78, 5) is 9.10. The molecule has 11 heteroatoms. The molecule has 2 aromatic carbocycles. The smallest absolute Gasteiger partial charge is 0.227 e. The maximum absolute atomic E-state index is 11.3. The maximum atomic E-state index is 11.3. The fourth-order valence-electron chi connectivity index (χ4n) is 4.04. The van der Waals surface area contributed by atoms with Gasteiger partial charge in [-0.1, -0.05) is 12.1 Å². The molecule has 4 N–H and O–H groups in total. The Morgan fingerprint density at radius 1 is 1.24 bits per heavy atom. The van der Waals surface area contributed by atoms with Gasteiger partial charge < -0.3 is 20.5 Å². The van der Waals surface area contributed by atoms with Crippen LogP contribution in [0.1, 0.15) is 18.5 Å². The van der Waals surface area contributed by atoms with Gasteiger partial charge >= 0.3 is 0 Å². The molecule has 0 aliphatic heterocycles. The molecule has 1 fully saturated rings. The molecule has 10 nitrogen and oxygen atoms in total. The summed E-state index contributed by atoms with van der Waals surface area (Å²) in [6.45, 7) is 0.358. The Labute approximate surface area is 196 Å². The number of fused-ring (bicyclic) bond motifs is 2. The van der Waals surface area contributed by atoms with Crippen LogP contribution in [0.4, 0.5) is 11.6 Å². The van der Waals surface area contributed by atoms with E-state index < -0.39 is 9.84 Å². The molecule has 2 heterocycles. The Bertz CT molecular complexity index is 1430. The highest BCUT2D eigenvalue weighted by Gasteiger charge is 2.31. The number of H-pyrrole nitrogens is 1. The van der Waals surface area contributed by atoms with Crippen molar-refractivity contribution in [2.75, 3.05) is 23.9 Å². The first kappa shape index (κ1) is 22.5. The molecule has 1 aliphatic carbocycles. The summed E-state index contributed by atoms with van der Waals surface area (Å²) in [6.07, 6.45) is 4.68. The molecule has 0 atom stereocenters. The van der Waals surface area contributed by atoms with Crippen LogP contribution in [0, 0.1) is 0 Å². The quantitative estimate of drug-likeness (QED) is 0.283. The van der Waals surface area contributed by atoms with Crippen molar-refractivity contribution < 1.29 is 18.3 Å². The van der Waals surface area contributed by atoms with E-state index in [4.69, 9.17) is 4.74 Å². The number of anilines is 2. The summed E-state index contributed by atoms with van der Waals surface area (Å²) in [5.74, 6) is 1.27. The van der Waals surface area contributed by atoms with Crippen LogP contribution >= 0.6 is 0 Å². The van der Waals surface area contributed by atoms with Gasteiger partial charge in [-0.15, -0.1) is 0 Å². The monoisotopic (exact) mass is 482 g/mol. The van der Waals surface area contributed by atoms with Crippen molar-refractivity contribution in [2.24, 2.45) is 0 Å². The van der Waals surface area contributed by atoms with Gasteiger partial charge in [0.05, 0.1) is 23.6 Å². The number of para-hydroxylation sites is 1. The van der Waals surface area contributed by atoms with Crippen molar-refractivity contribution in [3.05, 3.63) is 48.3 Å². The van der Waals surface area contributed by atoms with E-state index in [9.17, 15) is 13.5 Å². The number of nitrogens with zero attached hydrogens (tertiary/aromatic N) is 3. The van der Waals surface area contributed by atoms with Gasteiger partial charge in [0.15, 0.2) is 0 Å². The summed E-state index contributed by atoms with van der Waals surface area (Å²) in [7, 11) is -2.96. The SMILES string of the molecule is CS(=O)(=O)CCNC1CC(Oc2cccc3cnc(Nc4ccc5c(CO)[nH]nc5c4)nc23)C1. The zero-order valence-electron chi connectivity index (χ0n) is 18.7. The first-order valence-electron chi connectivity index (χ1n) is 11.1. The largest absolute Gasteiger partial charge is 0.488 e. The van der Waals surface area contributed by atoms with E-state index in [1.54, 1.807) is 6.20 Å². The standard InChI is InChI=1S/C23H26N6O4S/c1-34(31,32)8-7-24-16-9-17(10-16)33-21-4-2-3-14-12-25-23(27-22(14)21)26-15-5-6-18-19(11-15)28-29-20(18)13-30/h2-6,11-12,16-17,24,30H,7-10,13H2,1H3,(H,28,29)(H,25,26,27). The molecule has 0 unspecified atom stereocenters. The van der Waals surface area contributed by atoms with Crippen LogP contribution in [0.3, 0.4) is 0 Å². The number of benzene rings is 2. The fourth-order valence-corrected chi connectivity index (χ4v) is 4.52. The second kappa shape index (κ2) is 9.16. The molecule has 0 bridgehead atoms. The van der Waals surface area contributed by atoms with Crippen LogP contribution < -0.4 is 15.4 Å². The lowest BCUT2D eigenvalue weighted by Gasteiger charge is -2.36. The highest BCUT2D eigenvalue weighted by Crippen LogP contribution is 2.31. The van der Waals surface area contributed by atoms with Crippen LogP contribution in [0.5, 0.6) is 5.75 Å². The summed E-state index contributed by atoms with van der Waals surface area (Å²) in [5.41, 5.74) is 2.91. The Hall–Kier alpha value is -3.28. The summed E-state index contributed by atoms with van der Waals surface area (Å²) >= 11 is 0. The van der Waals surface area contributed by atoms with Gasteiger partial charge in [-0.3, -0.25) is 5.10 Å². The molecule has 5 rings (SSSR count). The number of rotatable bonds is 9. The molecule has 0 saturated heterocycles. The maximum Gasteiger partial charge on any atom is 0.227 e. The van der Waals surface area contributed by atoms with E-state index in [0.29, 0.717) is 23.9 Å². The minimum absolute atomic E-state index is 0.0514. The average molecular weight is 483 g/mol. The van der Waals surface area contributed by atoms with Crippen molar-refractivity contribution in [1.82, 2.24) is 25.5 Å². The predicted octanol–water partition coefficient (Wildman–Crippen LogP) is 2.29. The second-order valence-electron chi connectivity index (χ2n) is 8.60. The lowest BCUT2D eigenvalue weighted by atomic mass is 9.89. The highest BCUT2D eigenvalue weighted by atomic mass is 32.2. The summed E-state index contributed by atoms with van der Waals surface area (Å²) < 4.78 is 28.7. The van der Waals surface area contributed by atoms with Gasteiger partial charge in [-0.25, -0.2) is 18.4 Å². The second-order valence-corrected chi connectivity index (χ2v) is 10.9. The van der Waals surface area contributed by atoms with E-state index in [-0.39, 0.29) is 24.5 Å². The lowest BCUT2D eigenvalue weighted by molar-refractivity contribution is 0.0873. The molecule has 1 aliphatic rings. The Kier molecular flexibility index (Phi) is 6.07. The van der Waals surface area contributed by atoms with Crippen LogP contribution in [-0.2, 0) is 16.4 Å². The number of aliphatic hydroxyl groups is 1. The third-order valence-corrected chi connectivity index (χ3v) is 6.86. The number of aliphatic hydroxyl groups excluding tert-OH is 1. The molecule has 2 aromatic heterocycles. The van der Waals surface area contributed by atoms with E-state index in [1.165, 1.54) is 6.26 Å². The fraction of sp³-hybridized carbons (Fsp3) is 0.348. The highest BCUT2D eigenvalue weighted by molar-refractivity contribution is 7.90. The first-order valence-corrected chi connectivity index (χ1v) is 13.1. The molecule has 4 aromatic rings. The molecule has 1 saturated carbocycles. The zero-order chi connectivity index (χ0) is 23.7. The number of aromatic nitrogens is 4. The van der Waals surface area contributed by atoms with Crippen LogP contribution in [0.15, 0.2) is 42.6 Å². The molecule has 0 radical (unpaired) electrons. The van der Waals surface area contributed by atoms with Crippen LogP contribution in [0.25, 0.3) is 21.8 Å². The van der Waals surface area contributed by atoms with Crippen LogP contribution in [-0.4, -0.2) is 64.4 Å². The topological polar surface area (TPSA) is 142 Å². The van der Waals surface area contributed by atoms with Crippen molar-refractivity contribution in [3.8, 4) is 5.75 Å². The van der Waals surface area contributed by atoms with Crippen molar-refractivity contribution >= 4 is 43.3 Å². The summed E-state index contributed by atoms with van der Waals surface area (Å²) in [5, 5.41) is 24.7. The van der Waals surface area contributed by atoms with Gasteiger partial charge in [0.1, 0.15) is 27.2 Å². The summed E-state index contributed by atoms with van der Waals surface area (Å²) in [6, 6.07) is 11.7. The Morgan fingerprint density at radius 3 is 2.88 bits per heavy atom. The van der Waals surface area contributed by atoms with E-state index in [2.05, 4.69) is 30.8 Å². The van der Waals surface area contributed by atoms with Crippen molar-refractivity contribution in [3.63, 3.8) is 0 Å². The van der Waals surface area contributed by atoms with E-state index in [1.807, 2.05) is 36.4 Å². The third-order valence-electron chi connectivity index (χ3n) is 5.92. The van der Waals surface area contributed by atoms with Crippen molar-refractivity contribution in [2.45, 2.75) is 31.6 Å². The van der Waals surface area contributed by atoms with Gasteiger partial charge in [-0.05, 0) is 37.1 Å². The van der Waals surface area contributed by atoms with E-state index >= 15 is 0 Å². The predicted molar refractivity (Wildman–Crippen MR) is 130 cm³/mol. The number of sulfone groups is 1. The van der Waals surface area contributed by atoms with Gasteiger partial charge in [-0.2, -0.15) is 5.10 Å². The minimum Gasteiger partial charge on any atom is -0.488 e. The molecule has 0 amide bonds. The normalized spacial score (nSPS) is 18.2. The molecular formula is C23H26N6O4S. The van der Waals surface area contributed by atoms with E-state index in [0.717, 1.165) is 40.3 Å². The van der Waals surface area contributed by atoms with Gasteiger partial charge in [0.25, 0.3) is 0 Å². The Morgan fingerprint density at radius 2 is 2.09 bits per heavy atom. The van der Waals surface area contributed by atoms with Gasteiger partial charge in [0.2, 0.25) is 5.95 Å². The number of aromatic amines is 1. The first-order chi connectivity index (χ1) is 16.4.